The van der Waals surface area contributed by atoms with Gasteiger partial charge in [0.15, 0.2) is 12.1 Å². The van der Waals surface area contributed by atoms with Gasteiger partial charge in [0.25, 0.3) is 0 Å². The lowest BCUT2D eigenvalue weighted by atomic mass is 9.94. The molecule has 1 aromatic rings. The van der Waals surface area contributed by atoms with E-state index < -0.39 is 36.0 Å². The van der Waals surface area contributed by atoms with E-state index in [0.29, 0.717) is 5.69 Å². The molecule has 0 spiro atoms. The third-order valence-corrected chi connectivity index (χ3v) is 3.76. The zero-order valence-corrected chi connectivity index (χ0v) is 15.0. The number of hydrogen-bond acceptors (Lipinski definition) is 8. The van der Waals surface area contributed by atoms with Crippen LogP contribution in [0.4, 0.5) is 5.69 Å². The highest BCUT2D eigenvalue weighted by molar-refractivity contribution is 5.93. The van der Waals surface area contributed by atoms with Crippen LogP contribution < -0.4 is 5.06 Å². The van der Waals surface area contributed by atoms with Gasteiger partial charge >= 0.3 is 17.9 Å². The van der Waals surface area contributed by atoms with Crippen LogP contribution in [-0.2, 0) is 33.4 Å². The first-order valence-corrected chi connectivity index (χ1v) is 8.56. The molecule has 1 aliphatic heterocycles. The fraction of sp³-hybridized carbons (Fsp3) is 0.500. The average Bonchev–Trinajstić information content (AvgIpc) is 3.04. The molecule has 1 aromatic carbocycles. The Hall–Kier alpha value is -2.61. The molecule has 0 saturated carbocycles. The summed E-state index contributed by atoms with van der Waals surface area (Å²) >= 11 is 0. The van der Waals surface area contributed by atoms with Crippen LogP contribution in [0.2, 0.25) is 0 Å². The predicted molar refractivity (Wildman–Crippen MR) is 91.0 cm³/mol. The molecule has 0 N–H and O–H groups in total. The first-order valence-electron chi connectivity index (χ1n) is 8.56. The molecule has 0 unspecified atom stereocenters. The fourth-order valence-electron chi connectivity index (χ4n) is 2.74. The average molecular weight is 365 g/mol. The highest BCUT2D eigenvalue weighted by Crippen LogP contribution is 2.34. The van der Waals surface area contributed by atoms with Crippen molar-refractivity contribution in [3.8, 4) is 0 Å². The summed E-state index contributed by atoms with van der Waals surface area (Å²) in [6.07, 6.45) is -1.30. The van der Waals surface area contributed by atoms with Gasteiger partial charge in [0.1, 0.15) is 5.92 Å². The second-order valence-corrected chi connectivity index (χ2v) is 5.41. The van der Waals surface area contributed by atoms with Crippen LogP contribution in [-0.4, -0.2) is 49.9 Å². The van der Waals surface area contributed by atoms with Crippen molar-refractivity contribution in [2.75, 3.05) is 24.9 Å². The predicted octanol–water partition coefficient (Wildman–Crippen LogP) is 1.48. The van der Waals surface area contributed by atoms with Crippen LogP contribution in [0.15, 0.2) is 30.3 Å². The molecule has 3 atom stereocenters. The maximum Gasteiger partial charge on any atom is 0.339 e. The number of rotatable bonds is 7. The highest BCUT2D eigenvalue weighted by atomic mass is 16.7. The van der Waals surface area contributed by atoms with Gasteiger partial charge in [-0.05, 0) is 32.9 Å². The second-order valence-electron chi connectivity index (χ2n) is 5.41. The molecule has 1 heterocycles. The first-order chi connectivity index (χ1) is 12.5. The monoisotopic (exact) mass is 365 g/mol. The third kappa shape index (κ3) is 4.13. The molecule has 142 valence electrons. The van der Waals surface area contributed by atoms with Crippen molar-refractivity contribution < 1.29 is 33.4 Å². The largest absolute Gasteiger partial charge is 0.466 e. The third-order valence-electron chi connectivity index (χ3n) is 3.76. The summed E-state index contributed by atoms with van der Waals surface area (Å²) in [6, 6.07) is 7.52. The van der Waals surface area contributed by atoms with Gasteiger partial charge in [-0.3, -0.25) is 9.63 Å². The van der Waals surface area contributed by atoms with E-state index in [1.807, 2.05) is 0 Å². The number of hydroxylamine groups is 1. The molecule has 0 amide bonds. The number of benzene rings is 1. The zero-order chi connectivity index (χ0) is 19.1. The van der Waals surface area contributed by atoms with Crippen molar-refractivity contribution >= 4 is 23.6 Å². The van der Waals surface area contributed by atoms with E-state index in [4.69, 9.17) is 19.0 Å². The molecule has 2 rings (SSSR count). The molecule has 0 bridgehead atoms. The van der Waals surface area contributed by atoms with E-state index in [-0.39, 0.29) is 19.8 Å². The van der Waals surface area contributed by atoms with Crippen molar-refractivity contribution in [2.24, 2.45) is 5.92 Å². The Kier molecular flexibility index (Phi) is 6.97. The van der Waals surface area contributed by atoms with Gasteiger partial charge in [0, 0.05) is 0 Å². The molecular formula is C18H23NO7. The van der Waals surface area contributed by atoms with Crippen LogP contribution >= 0.6 is 0 Å². The van der Waals surface area contributed by atoms with Crippen molar-refractivity contribution in [1.82, 2.24) is 0 Å². The van der Waals surface area contributed by atoms with Gasteiger partial charge in [0.05, 0.1) is 25.5 Å². The number of anilines is 1. The van der Waals surface area contributed by atoms with Gasteiger partial charge in [-0.2, -0.15) is 0 Å². The van der Waals surface area contributed by atoms with Crippen LogP contribution in [0.25, 0.3) is 0 Å². The van der Waals surface area contributed by atoms with Gasteiger partial charge in [0.2, 0.25) is 0 Å². The first kappa shape index (κ1) is 19.7. The maximum atomic E-state index is 12.6. The smallest absolute Gasteiger partial charge is 0.339 e. The second kappa shape index (κ2) is 9.19. The van der Waals surface area contributed by atoms with Crippen molar-refractivity contribution in [2.45, 2.75) is 32.9 Å². The number of nitrogens with zero attached hydrogens (tertiary/aromatic N) is 1. The quantitative estimate of drug-likeness (QED) is 0.530. The van der Waals surface area contributed by atoms with E-state index in [9.17, 15) is 14.4 Å². The summed E-state index contributed by atoms with van der Waals surface area (Å²) in [5, 5.41) is 1.22. The van der Waals surface area contributed by atoms with Gasteiger partial charge < -0.3 is 14.2 Å². The van der Waals surface area contributed by atoms with Crippen LogP contribution in [0.1, 0.15) is 20.8 Å². The fourth-order valence-corrected chi connectivity index (χ4v) is 2.74. The number of carbonyl (C=O) groups excluding carboxylic acids is 3. The maximum absolute atomic E-state index is 12.6. The normalized spacial score (nSPS) is 22.0. The molecule has 1 aliphatic rings. The Balaban J connectivity index is 2.45. The van der Waals surface area contributed by atoms with Crippen LogP contribution in [0.3, 0.4) is 0 Å². The lowest BCUT2D eigenvalue weighted by Crippen LogP contribution is -2.45. The Labute approximate surface area is 151 Å². The molecule has 26 heavy (non-hydrogen) atoms. The number of para-hydroxylation sites is 1. The lowest BCUT2D eigenvalue weighted by molar-refractivity contribution is -0.164. The summed E-state index contributed by atoms with van der Waals surface area (Å²) in [4.78, 5) is 43.1. The molecule has 0 aliphatic carbocycles. The summed E-state index contributed by atoms with van der Waals surface area (Å²) in [6.45, 7) is 5.28. The van der Waals surface area contributed by atoms with Crippen molar-refractivity contribution in [1.29, 1.82) is 0 Å². The summed E-state index contributed by atoms with van der Waals surface area (Å²) in [5.41, 5.74) is 0.506. The molecule has 8 heteroatoms. The van der Waals surface area contributed by atoms with E-state index in [1.165, 1.54) is 5.06 Å². The molecule has 0 aromatic heterocycles. The summed E-state index contributed by atoms with van der Waals surface area (Å²) in [7, 11) is 0. The number of esters is 3. The molecule has 8 nitrogen and oxygen atoms in total. The molecular weight excluding hydrogens is 342 g/mol. The van der Waals surface area contributed by atoms with Crippen LogP contribution in [0, 0.1) is 5.92 Å². The Morgan fingerprint density at radius 1 is 0.885 bits per heavy atom. The molecule has 0 radical (unpaired) electrons. The van der Waals surface area contributed by atoms with Crippen molar-refractivity contribution in [3.05, 3.63) is 30.3 Å². The Morgan fingerprint density at radius 3 is 2.00 bits per heavy atom. The van der Waals surface area contributed by atoms with Gasteiger partial charge in [-0.15, -0.1) is 0 Å². The Bertz CT molecular complexity index is 634. The number of hydrogen-bond donors (Lipinski definition) is 0. The molecule has 1 fully saturated rings. The topological polar surface area (TPSA) is 91.4 Å². The van der Waals surface area contributed by atoms with Crippen molar-refractivity contribution in [3.63, 3.8) is 0 Å². The minimum atomic E-state index is -1.30. The SMILES string of the molecule is CCOC(=O)[C@@H]1[C@@H](C(=O)OCC)N(c2ccccc2)O[C@H]1C(=O)OCC. The highest BCUT2D eigenvalue weighted by Gasteiger charge is 2.56. The zero-order valence-electron chi connectivity index (χ0n) is 15.0. The van der Waals surface area contributed by atoms with E-state index >= 15 is 0 Å². The van der Waals surface area contributed by atoms with E-state index in [1.54, 1.807) is 51.1 Å². The number of carbonyl (C=O) groups is 3. The standard InChI is InChI=1S/C18H23NO7/c1-4-23-16(20)13-14(17(21)24-5-2)19(12-10-8-7-9-11-12)26-15(13)18(22)25-6-3/h7-11,13-15H,4-6H2,1-3H3/t13-,14+,15-/m1/s1. The minimum absolute atomic E-state index is 0.103. The lowest BCUT2D eigenvalue weighted by Gasteiger charge is -2.24. The van der Waals surface area contributed by atoms with E-state index in [2.05, 4.69) is 0 Å². The number of ether oxygens (including phenoxy) is 3. The van der Waals surface area contributed by atoms with Gasteiger partial charge in [-0.1, -0.05) is 18.2 Å². The summed E-state index contributed by atoms with van der Waals surface area (Å²) in [5.74, 6) is -3.34. The Morgan fingerprint density at radius 2 is 1.42 bits per heavy atom. The molecule has 1 saturated heterocycles. The van der Waals surface area contributed by atoms with Gasteiger partial charge in [-0.25, -0.2) is 14.7 Å². The minimum Gasteiger partial charge on any atom is -0.466 e. The summed E-state index contributed by atoms with van der Waals surface area (Å²) < 4.78 is 15.2. The van der Waals surface area contributed by atoms with E-state index in [0.717, 1.165) is 0 Å². The van der Waals surface area contributed by atoms with Crippen LogP contribution in [0.5, 0.6) is 0 Å².